The fraction of sp³-hybridized carbons (Fsp3) is 0. The number of benzene rings is 4. The predicted molar refractivity (Wildman–Crippen MR) is 214 cm³/mol. The number of para-hydroxylation sites is 4. The summed E-state index contributed by atoms with van der Waals surface area (Å²) in [7, 11) is 0. The molecule has 13 aromatic rings. The minimum atomic E-state index is 0.883. The Kier molecular flexibility index (Phi) is 5.17. The molecule has 252 valence electrons. The van der Waals surface area contributed by atoms with Crippen molar-refractivity contribution < 1.29 is 0 Å². The van der Waals surface area contributed by atoms with Gasteiger partial charge in [-0.1, -0.05) is 36.4 Å². The number of hydrogen-bond donors (Lipinski definition) is 0. The Labute approximate surface area is 304 Å². The number of hydrogen-bond acceptors (Lipinski definition) is 4. The lowest BCUT2D eigenvalue weighted by Crippen LogP contribution is -1.99. The molecule has 10 heteroatoms. The third-order valence-corrected chi connectivity index (χ3v) is 11.0. The van der Waals surface area contributed by atoms with Crippen LogP contribution in [0.15, 0.2) is 159 Å². The maximum atomic E-state index is 5.12. The first kappa shape index (κ1) is 27.9. The summed E-state index contributed by atoms with van der Waals surface area (Å²) in [6.45, 7) is 0. The van der Waals surface area contributed by atoms with Gasteiger partial charge < -0.3 is 0 Å². The van der Waals surface area contributed by atoms with E-state index in [0.29, 0.717) is 0 Å². The van der Waals surface area contributed by atoms with Crippen LogP contribution in [0.2, 0.25) is 0 Å². The molecule has 0 unspecified atom stereocenters. The molecule has 0 radical (unpaired) electrons. The Balaban J connectivity index is 1.06. The smallest absolute Gasteiger partial charge is 0.220 e. The molecular weight excluding hydrogens is 669 g/mol. The second-order valence-corrected chi connectivity index (χ2v) is 13.8. The van der Waals surface area contributed by atoms with Crippen LogP contribution in [0.1, 0.15) is 0 Å². The van der Waals surface area contributed by atoms with Gasteiger partial charge in [0, 0.05) is 46.9 Å². The van der Waals surface area contributed by atoms with Gasteiger partial charge in [-0.25, -0.2) is 4.98 Å². The summed E-state index contributed by atoms with van der Waals surface area (Å²) in [6.07, 6.45) is 11.4. The molecule has 0 saturated heterocycles. The van der Waals surface area contributed by atoms with Crippen molar-refractivity contribution in [3.8, 4) is 17.1 Å². The molecule has 0 fully saturated rings. The summed E-state index contributed by atoms with van der Waals surface area (Å²) in [5.41, 5.74) is 16.0. The molecule has 0 bridgehead atoms. The first-order valence-electron chi connectivity index (χ1n) is 17.9. The van der Waals surface area contributed by atoms with Gasteiger partial charge in [-0.15, -0.1) is 0 Å². The van der Waals surface area contributed by atoms with Crippen LogP contribution in [0, 0.1) is 0 Å². The number of pyridine rings is 3. The van der Waals surface area contributed by atoms with Crippen molar-refractivity contribution in [3.05, 3.63) is 159 Å². The number of nitrogens with zero attached hydrogens (tertiary/aromatic N) is 10. The zero-order chi connectivity index (χ0) is 35.1. The highest BCUT2D eigenvalue weighted by Gasteiger charge is 2.21. The molecule has 9 aromatic heterocycles. The maximum absolute atomic E-state index is 5.12. The van der Waals surface area contributed by atoms with E-state index in [1.807, 2.05) is 43.2 Å². The van der Waals surface area contributed by atoms with Crippen LogP contribution in [0.4, 0.5) is 0 Å². The third kappa shape index (κ3) is 3.48. The van der Waals surface area contributed by atoms with Gasteiger partial charge in [-0.05, 0) is 84.9 Å². The van der Waals surface area contributed by atoms with Gasteiger partial charge in [-0.3, -0.25) is 41.9 Å². The molecular formula is C44H26N10. The minimum Gasteiger partial charge on any atom is -0.293 e. The van der Waals surface area contributed by atoms with Crippen molar-refractivity contribution in [2.24, 2.45) is 0 Å². The van der Waals surface area contributed by atoms with Crippen LogP contribution < -0.4 is 0 Å². The Morgan fingerprint density at radius 2 is 0.944 bits per heavy atom. The average Bonchev–Trinajstić information content (AvgIpc) is 4.05. The van der Waals surface area contributed by atoms with E-state index in [-0.39, 0.29) is 0 Å². The van der Waals surface area contributed by atoms with Gasteiger partial charge >= 0.3 is 0 Å². The molecule has 0 aliphatic heterocycles. The van der Waals surface area contributed by atoms with Gasteiger partial charge in [-0.2, -0.15) is 0 Å². The van der Waals surface area contributed by atoms with E-state index in [0.717, 1.165) is 100 Å². The van der Waals surface area contributed by atoms with Gasteiger partial charge in [0.2, 0.25) is 5.78 Å². The molecule has 9 heterocycles. The van der Waals surface area contributed by atoms with Crippen molar-refractivity contribution in [3.63, 3.8) is 0 Å². The standard InChI is InChI=1S/C44H26N10/c1-2-9-34-32(8-1)48-44-51(35-10-3-4-11-36(35)54(34)44)30-7-5-6-29(22-30)49-41-26-47-19-16-38(41)53-39-23-31(13-12-27(39)20-42(49)53)50-40-25-46-18-15-37(40)52-33-14-17-45-24-28(33)21-43(50)52/h1-26H. The quantitative estimate of drug-likeness (QED) is 0.185. The fourth-order valence-corrected chi connectivity index (χ4v) is 8.84. The second kappa shape index (κ2) is 9.99. The van der Waals surface area contributed by atoms with E-state index in [4.69, 9.17) is 4.98 Å². The van der Waals surface area contributed by atoms with Crippen LogP contribution in [0.5, 0.6) is 0 Å². The maximum Gasteiger partial charge on any atom is 0.220 e. The van der Waals surface area contributed by atoms with Crippen LogP contribution in [-0.2, 0) is 0 Å². The average molecular weight is 695 g/mol. The highest BCUT2D eigenvalue weighted by molar-refractivity contribution is 5.99. The van der Waals surface area contributed by atoms with E-state index < -0.39 is 0 Å². The topological polar surface area (TPSA) is 79.6 Å². The SMILES string of the molecule is c1cc(-n2c3cnccc3n3c4cc(-n5c6cnccc6n6c7ccncc7cc56)ccc4cc23)cc(-n2c3ccccc3n3c4ccccc4nc23)c1. The highest BCUT2D eigenvalue weighted by Crippen LogP contribution is 2.36. The predicted octanol–water partition coefficient (Wildman–Crippen LogP) is 9.32. The van der Waals surface area contributed by atoms with E-state index in [1.165, 1.54) is 0 Å². The molecule has 4 aromatic carbocycles. The summed E-state index contributed by atoms with van der Waals surface area (Å²) < 4.78 is 13.8. The summed E-state index contributed by atoms with van der Waals surface area (Å²) in [5, 5.41) is 2.24. The van der Waals surface area contributed by atoms with Crippen molar-refractivity contribution >= 4 is 83.0 Å². The fourth-order valence-electron chi connectivity index (χ4n) is 8.84. The molecule has 0 spiro atoms. The second-order valence-electron chi connectivity index (χ2n) is 13.8. The molecule has 13 rings (SSSR count). The number of imidazole rings is 4. The van der Waals surface area contributed by atoms with Crippen molar-refractivity contribution in [2.45, 2.75) is 0 Å². The van der Waals surface area contributed by atoms with E-state index in [9.17, 15) is 0 Å². The summed E-state index contributed by atoms with van der Waals surface area (Å²) in [6, 6.07) is 43.0. The van der Waals surface area contributed by atoms with Gasteiger partial charge in [0.05, 0.1) is 73.2 Å². The monoisotopic (exact) mass is 694 g/mol. The van der Waals surface area contributed by atoms with Crippen molar-refractivity contribution in [1.29, 1.82) is 0 Å². The van der Waals surface area contributed by atoms with E-state index in [2.05, 4.69) is 157 Å². The van der Waals surface area contributed by atoms with Crippen molar-refractivity contribution in [2.75, 3.05) is 0 Å². The van der Waals surface area contributed by atoms with Gasteiger partial charge in [0.15, 0.2) is 0 Å². The first-order valence-corrected chi connectivity index (χ1v) is 17.9. The lowest BCUT2D eigenvalue weighted by atomic mass is 10.2. The summed E-state index contributed by atoms with van der Waals surface area (Å²) >= 11 is 0. The first-order chi connectivity index (χ1) is 26.8. The molecule has 0 saturated carbocycles. The molecule has 0 N–H and O–H groups in total. The molecule has 54 heavy (non-hydrogen) atoms. The molecule has 0 amide bonds. The molecule has 0 aliphatic carbocycles. The Morgan fingerprint density at radius 3 is 1.72 bits per heavy atom. The van der Waals surface area contributed by atoms with Gasteiger partial charge in [0.1, 0.15) is 11.3 Å². The largest absolute Gasteiger partial charge is 0.293 e. The lowest BCUT2D eigenvalue weighted by Gasteiger charge is -2.10. The zero-order valence-electron chi connectivity index (χ0n) is 28.5. The van der Waals surface area contributed by atoms with Gasteiger partial charge in [0.25, 0.3) is 0 Å². The van der Waals surface area contributed by atoms with Crippen LogP contribution in [0.3, 0.4) is 0 Å². The number of fused-ring (bicyclic) bond motifs is 15. The third-order valence-electron chi connectivity index (χ3n) is 11.0. The highest BCUT2D eigenvalue weighted by atomic mass is 15.2. The lowest BCUT2D eigenvalue weighted by molar-refractivity contribution is 1.09. The Morgan fingerprint density at radius 1 is 0.352 bits per heavy atom. The van der Waals surface area contributed by atoms with Crippen LogP contribution in [-0.4, -0.2) is 46.8 Å². The molecule has 10 nitrogen and oxygen atoms in total. The Hall–Kier alpha value is -7.72. The number of rotatable bonds is 3. The summed E-state index contributed by atoms with van der Waals surface area (Å²) in [4.78, 5) is 18.7. The Bertz CT molecular complexity index is 3700. The normalized spacial score (nSPS) is 12.4. The zero-order valence-corrected chi connectivity index (χ0v) is 28.5. The molecule has 0 aliphatic rings. The molecule has 0 atom stereocenters. The minimum absolute atomic E-state index is 0.883. The van der Waals surface area contributed by atoms with E-state index in [1.54, 1.807) is 0 Å². The number of aromatic nitrogens is 10. The van der Waals surface area contributed by atoms with E-state index >= 15 is 0 Å². The van der Waals surface area contributed by atoms with Crippen LogP contribution in [0.25, 0.3) is 100 Å². The van der Waals surface area contributed by atoms with Crippen molar-refractivity contribution in [1.82, 2.24) is 46.8 Å². The summed E-state index contributed by atoms with van der Waals surface area (Å²) in [5.74, 6) is 0.883. The van der Waals surface area contributed by atoms with Crippen LogP contribution >= 0.6 is 0 Å².